The monoisotopic (exact) mass is 366 g/mol. The Morgan fingerprint density at radius 1 is 1.04 bits per heavy atom. The van der Waals surface area contributed by atoms with Gasteiger partial charge >= 0.3 is 0 Å². The molecule has 1 amide bonds. The van der Waals surface area contributed by atoms with Crippen LogP contribution in [0.1, 0.15) is 22.3 Å². The van der Waals surface area contributed by atoms with Crippen LogP contribution in [0.4, 0.5) is 11.4 Å². The molecule has 134 valence electrons. The fourth-order valence-corrected chi connectivity index (χ4v) is 3.73. The number of benzene rings is 3. The Hall–Kier alpha value is -4.20. The first kappa shape index (κ1) is 17.2. The van der Waals surface area contributed by atoms with E-state index in [1.54, 1.807) is 54.6 Å². The van der Waals surface area contributed by atoms with E-state index in [0.717, 1.165) is 5.56 Å². The topological polar surface area (TPSA) is 98.1 Å². The van der Waals surface area contributed by atoms with Gasteiger partial charge < -0.3 is 10.4 Å². The number of carbonyl (C=O) groups excluding carboxylic acids is 1. The van der Waals surface area contributed by atoms with Crippen LogP contribution in [0, 0.1) is 12.3 Å². The van der Waals surface area contributed by atoms with E-state index in [0.29, 0.717) is 28.1 Å². The third kappa shape index (κ3) is 2.39. The van der Waals surface area contributed by atoms with Gasteiger partial charge in [-0.3, -0.25) is 4.79 Å². The zero-order valence-electron chi connectivity index (χ0n) is 14.6. The second-order valence-electron chi connectivity index (χ2n) is 6.36. The van der Waals surface area contributed by atoms with E-state index in [1.165, 1.54) is 0 Å². The van der Waals surface area contributed by atoms with Crippen molar-refractivity contribution in [3.63, 3.8) is 0 Å². The summed E-state index contributed by atoms with van der Waals surface area (Å²) in [6.07, 6.45) is 5.63. The molecule has 1 heterocycles. The molecule has 0 fully saturated rings. The number of nitrogens with one attached hydrogen (secondary N) is 1. The van der Waals surface area contributed by atoms with Crippen LogP contribution in [-0.4, -0.2) is 11.0 Å². The van der Waals surface area contributed by atoms with E-state index in [1.807, 2.05) is 12.1 Å². The van der Waals surface area contributed by atoms with Crippen molar-refractivity contribution in [2.45, 2.75) is 5.41 Å². The van der Waals surface area contributed by atoms with Gasteiger partial charge in [-0.25, -0.2) is 0 Å². The van der Waals surface area contributed by atoms with Gasteiger partial charge in [0.25, 0.3) is 0 Å². The smallest absolute Gasteiger partial charge is 0.244 e. The highest BCUT2D eigenvalue weighted by atomic mass is 16.3. The van der Waals surface area contributed by atoms with Crippen LogP contribution in [0.15, 0.2) is 71.8 Å². The van der Waals surface area contributed by atoms with E-state index in [2.05, 4.69) is 21.3 Å². The van der Waals surface area contributed by atoms with Crippen LogP contribution in [0.2, 0.25) is 0 Å². The molecule has 4 rings (SSSR count). The number of terminal acetylenes is 1. The second kappa shape index (κ2) is 6.51. The molecule has 6 nitrogen and oxygen atoms in total. The number of hydrogen-bond donors (Lipinski definition) is 2. The summed E-state index contributed by atoms with van der Waals surface area (Å²) in [5, 5.41) is 16.2. The lowest BCUT2D eigenvalue weighted by atomic mass is 9.70. The summed E-state index contributed by atoms with van der Waals surface area (Å²) in [5.41, 5.74) is 11.2. The summed E-state index contributed by atoms with van der Waals surface area (Å²) in [7, 11) is 0. The van der Waals surface area contributed by atoms with Gasteiger partial charge in [-0.05, 0) is 34.9 Å². The summed E-state index contributed by atoms with van der Waals surface area (Å²) in [6.45, 7) is 0. The molecule has 6 heteroatoms. The molecule has 2 N–H and O–H groups in total. The number of phenolic OH excluding ortho intramolecular Hbond substituents is 1. The number of carbonyl (C=O) groups is 1. The fraction of sp³-hybridized carbons (Fsp3) is 0.0455. The largest absolute Gasteiger partial charge is 0.508 e. The third-order valence-corrected chi connectivity index (χ3v) is 4.96. The Balaban J connectivity index is 2.05. The summed E-state index contributed by atoms with van der Waals surface area (Å²) in [4.78, 5) is 16.2. The number of rotatable bonds is 3. The van der Waals surface area contributed by atoms with Crippen LogP contribution in [0.5, 0.6) is 5.75 Å². The molecule has 0 saturated heterocycles. The van der Waals surface area contributed by atoms with Gasteiger partial charge in [0.15, 0.2) is 0 Å². The summed E-state index contributed by atoms with van der Waals surface area (Å²) in [6, 6.07) is 18.8. The standard InChI is InChI=1S/C22H14N4O2/c1-2-14-4-3-5-19-20(14)24-21(28)22(19,16-8-12-18(27)13-9-16)15-6-10-17(11-7-15)25-26-23/h1,3-13,27H,(H,24,28). The highest BCUT2D eigenvalue weighted by molar-refractivity contribution is 6.12. The summed E-state index contributed by atoms with van der Waals surface area (Å²) >= 11 is 0. The van der Waals surface area contributed by atoms with E-state index >= 15 is 0 Å². The van der Waals surface area contributed by atoms with Crippen LogP contribution >= 0.6 is 0 Å². The lowest BCUT2D eigenvalue weighted by molar-refractivity contribution is -0.118. The number of fused-ring (bicyclic) bond motifs is 1. The minimum absolute atomic E-state index is 0.105. The maximum atomic E-state index is 13.4. The first-order valence-electron chi connectivity index (χ1n) is 8.48. The quantitative estimate of drug-likeness (QED) is 0.306. The molecule has 0 radical (unpaired) electrons. The number of aromatic hydroxyl groups is 1. The Bertz CT molecular complexity index is 1170. The van der Waals surface area contributed by atoms with Gasteiger partial charge in [0, 0.05) is 21.7 Å². The van der Waals surface area contributed by atoms with Crippen molar-refractivity contribution >= 4 is 17.3 Å². The Labute approximate surface area is 161 Å². The molecule has 1 unspecified atom stereocenters. The number of anilines is 1. The van der Waals surface area contributed by atoms with Gasteiger partial charge in [0.05, 0.1) is 5.69 Å². The first-order chi connectivity index (χ1) is 13.6. The minimum atomic E-state index is -1.15. The van der Waals surface area contributed by atoms with Crippen molar-refractivity contribution in [3.8, 4) is 18.1 Å². The molecule has 0 aromatic heterocycles. The molecule has 1 aliphatic heterocycles. The van der Waals surface area contributed by atoms with E-state index in [-0.39, 0.29) is 11.7 Å². The summed E-state index contributed by atoms with van der Waals surface area (Å²) < 4.78 is 0. The second-order valence-corrected chi connectivity index (χ2v) is 6.36. The van der Waals surface area contributed by atoms with Crippen molar-refractivity contribution in [1.82, 2.24) is 0 Å². The zero-order chi connectivity index (χ0) is 19.7. The van der Waals surface area contributed by atoms with Gasteiger partial charge in [0.1, 0.15) is 11.2 Å². The number of amides is 1. The van der Waals surface area contributed by atoms with Gasteiger partial charge in [-0.1, -0.05) is 59.6 Å². The highest BCUT2D eigenvalue weighted by Crippen LogP contribution is 2.49. The number of phenols is 1. The fourth-order valence-electron chi connectivity index (χ4n) is 3.73. The SMILES string of the molecule is C#Cc1cccc2c1NC(=O)C2(c1ccc(O)cc1)c1ccc(N=[N+]=[N-])cc1. The van der Waals surface area contributed by atoms with Crippen LogP contribution in [-0.2, 0) is 10.2 Å². The molecule has 1 atom stereocenters. The molecule has 3 aromatic rings. The van der Waals surface area contributed by atoms with Gasteiger partial charge in [-0.15, -0.1) is 6.42 Å². The average molecular weight is 366 g/mol. The molecular formula is C22H14N4O2. The maximum Gasteiger partial charge on any atom is 0.244 e. The maximum absolute atomic E-state index is 13.4. The zero-order valence-corrected chi connectivity index (χ0v) is 14.6. The van der Waals surface area contributed by atoms with Crippen molar-refractivity contribution in [3.05, 3.63) is 99.4 Å². The Morgan fingerprint density at radius 3 is 2.29 bits per heavy atom. The van der Waals surface area contributed by atoms with E-state index in [9.17, 15) is 9.90 Å². The average Bonchev–Trinajstić information content (AvgIpc) is 3.02. The van der Waals surface area contributed by atoms with Crippen LogP contribution in [0.3, 0.4) is 0 Å². The predicted octanol–water partition coefficient (Wildman–Crippen LogP) is 4.60. The van der Waals surface area contributed by atoms with Crippen LogP contribution in [0.25, 0.3) is 10.4 Å². The van der Waals surface area contributed by atoms with Crippen molar-refractivity contribution in [2.24, 2.45) is 5.11 Å². The van der Waals surface area contributed by atoms with E-state index in [4.69, 9.17) is 12.0 Å². The van der Waals surface area contributed by atoms with E-state index < -0.39 is 5.41 Å². The Kier molecular flexibility index (Phi) is 4.00. The molecule has 0 saturated carbocycles. The number of para-hydroxylation sites is 1. The normalized spacial score (nSPS) is 17.2. The van der Waals surface area contributed by atoms with Crippen molar-refractivity contribution in [2.75, 3.05) is 5.32 Å². The lowest BCUT2D eigenvalue weighted by Gasteiger charge is -2.29. The lowest BCUT2D eigenvalue weighted by Crippen LogP contribution is -2.36. The molecule has 28 heavy (non-hydrogen) atoms. The molecule has 3 aromatic carbocycles. The van der Waals surface area contributed by atoms with Crippen molar-refractivity contribution in [1.29, 1.82) is 0 Å². The minimum Gasteiger partial charge on any atom is -0.508 e. The molecule has 0 aliphatic carbocycles. The molecule has 0 spiro atoms. The highest BCUT2D eigenvalue weighted by Gasteiger charge is 2.50. The van der Waals surface area contributed by atoms with Crippen molar-refractivity contribution < 1.29 is 9.90 Å². The molecular weight excluding hydrogens is 352 g/mol. The third-order valence-electron chi connectivity index (χ3n) is 4.96. The molecule has 0 bridgehead atoms. The summed E-state index contributed by atoms with van der Waals surface area (Å²) in [5.74, 6) is 2.48. The number of hydrogen-bond acceptors (Lipinski definition) is 3. The first-order valence-corrected chi connectivity index (χ1v) is 8.48. The predicted molar refractivity (Wildman–Crippen MR) is 106 cm³/mol. The Morgan fingerprint density at radius 2 is 1.68 bits per heavy atom. The molecule has 1 aliphatic rings. The number of azide groups is 1. The van der Waals surface area contributed by atoms with Gasteiger partial charge in [0.2, 0.25) is 5.91 Å². The van der Waals surface area contributed by atoms with Gasteiger partial charge in [-0.2, -0.15) is 0 Å². The number of nitrogens with zero attached hydrogens (tertiary/aromatic N) is 3. The van der Waals surface area contributed by atoms with Crippen LogP contribution < -0.4 is 5.32 Å².